The summed E-state index contributed by atoms with van der Waals surface area (Å²) in [5.41, 5.74) is 4.70. The second kappa shape index (κ2) is 9.31. The van der Waals surface area contributed by atoms with Gasteiger partial charge in [-0.25, -0.2) is 0 Å². The smallest absolute Gasteiger partial charge is 0.0847 e. The molecule has 0 aliphatic heterocycles. The molecule has 7 heteroatoms. The predicted octanol–water partition coefficient (Wildman–Crippen LogP) is 1.29. The minimum Gasteiger partial charge on any atom is -0.382 e. The fourth-order valence-corrected chi connectivity index (χ4v) is 2.22. The normalized spacial score (nSPS) is 12.8. The monoisotopic (exact) mass is 304 g/mol. The lowest BCUT2D eigenvalue weighted by Gasteiger charge is -2.16. The maximum Gasteiger partial charge on any atom is 0.0847 e. The molecule has 1 atom stereocenters. The maximum atomic E-state index is 6.30. The molecule has 0 aromatic carbocycles. The number of hydrogen-bond donors (Lipinski definition) is 2. The quantitative estimate of drug-likeness (QED) is 0.387. The Hall–Kier alpha value is -0.660. The van der Waals surface area contributed by atoms with Crippen molar-refractivity contribution in [2.24, 2.45) is 5.84 Å². The lowest BCUT2D eigenvalue weighted by Crippen LogP contribution is -2.38. The molecule has 0 spiro atoms. The highest BCUT2D eigenvalue weighted by molar-refractivity contribution is 6.31. The fraction of sp³-hybridized carbons (Fsp3) is 0.769. The number of nitrogens with zero attached hydrogens (tertiary/aromatic N) is 2. The molecule has 0 saturated heterocycles. The minimum atomic E-state index is 0.108. The van der Waals surface area contributed by atoms with E-state index in [1.165, 1.54) is 0 Å². The molecule has 116 valence electrons. The van der Waals surface area contributed by atoms with E-state index >= 15 is 0 Å². The Morgan fingerprint density at radius 2 is 2.15 bits per heavy atom. The van der Waals surface area contributed by atoms with E-state index in [1.807, 2.05) is 18.5 Å². The third-order valence-corrected chi connectivity index (χ3v) is 3.66. The molecule has 0 amide bonds. The molecular weight excluding hydrogens is 280 g/mol. The van der Waals surface area contributed by atoms with Gasteiger partial charge in [0.1, 0.15) is 0 Å². The van der Waals surface area contributed by atoms with E-state index in [9.17, 15) is 0 Å². The average molecular weight is 305 g/mol. The molecule has 1 aromatic heterocycles. The number of methoxy groups -OCH3 is 1. The lowest BCUT2D eigenvalue weighted by molar-refractivity contribution is 0.0657. The molecule has 3 N–H and O–H groups in total. The van der Waals surface area contributed by atoms with Gasteiger partial charge in [0.05, 0.1) is 29.6 Å². The summed E-state index contributed by atoms with van der Waals surface area (Å²) in [5.74, 6) is 5.61. The summed E-state index contributed by atoms with van der Waals surface area (Å²) in [7, 11) is 1.66. The molecule has 1 heterocycles. The topological polar surface area (TPSA) is 74.3 Å². The number of aromatic nitrogens is 2. The second-order valence-corrected chi connectivity index (χ2v) is 5.00. The molecule has 0 fully saturated rings. The Kier molecular flexibility index (Phi) is 8.09. The van der Waals surface area contributed by atoms with Gasteiger partial charge in [-0.15, -0.1) is 0 Å². The Bertz CT molecular complexity index is 398. The summed E-state index contributed by atoms with van der Waals surface area (Å²) in [6.07, 6.45) is 1.54. The number of halogens is 1. The van der Waals surface area contributed by atoms with Gasteiger partial charge < -0.3 is 9.47 Å². The number of hydrogen-bond acceptors (Lipinski definition) is 5. The van der Waals surface area contributed by atoms with Crippen molar-refractivity contribution in [2.75, 3.05) is 26.9 Å². The third-order valence-electron chi connectivity index (χ3n) is 3.17. The fourth-order valence-electron chi connectivity index (χ4n) is 2.01. The van der Waals surface area contributed by atoms with Crippen LogP contribution in [0, 0.1) is 6.92 Å². The predicted molar refractivity (Wildman–Crippen MR) is 79.8 cm³/mol. The van der Waals surface area contributed by atoms with Crippen molar-refractivity contribution in [1.29, 1.82) is 0 Å². The Morgan fingerprint density at radius 3 is 2.75 bits per heavy atom. The lowest BCUT2D eigenvalue weighted by atomic mass is 10.1. The molecule has 1 aromatic rings. The number of rotatable bonds is 10. The van der Waals surface area contributed by atoms with E-state index in [-0.39, 0.29) is 6.04 Å². The van der Waals surface area contributed by atoms with Crippen LogP contribution in [0.5, 0.6) is 0 Å². The van der Waals surface area contributed by atoms with Crippen LogP contribution >= 0.6 is 11.6 Å². The highest BCUT2D eigenvalue weighted by Crippen LogP contribution is 2.22. The van der Waals surface area contributed by atoms with Crippen molar-refractivity contribution in [2.45, 2.75) is 39.3 Å². The molecule has 6 nitrogen and oxygen atoms in total. The van der Waals surface area contributed by atoms with Crippen LogP contribution in [0.25, 0.3) is 0 Å². The van der Waals surface area contributed by atoms with Crippen LogP contribution in [-0.4, -0.2) is 42.8 Å². The van der Waals surface area contributed by atoms with E-state index in [0.29, 0.717) is 19.8 Å². The Labute approximate surface area is 125 Å². The molecule has 20 heavy (non-hydrogen) atoms. The zero-order chi connectivity index (χ0) is 15.0. The van der Waals surface area contributed by atoms with Crippen LogP contribution in [0.1, 0.15) is 24.7 Å². The van der Waals surface area contributed by atoms with E-state index in [4.69, 9.17) is 26.9 Å². The summed E-state index contributed by atoms with van der Waals surface area (Å²) in [6, 6.07) is 0.108. The summed E-state index contributed by atoms with van der Waals surface area (Å²) < 4.78 is 12.3. The number of ether oxygens (including phenoxy) is 2. The van der Waals surface area contributed by atoms with Gasteiger partial charge in [-0.05, 0) is 20.3 Å². The van der Waals surface area contributed by atoms with E-state index in [1.54, 1.807) is 7.11 Å². The summed E-state index contributed by atoms with van der Waals surface area (Å²) >= 11 is 6.30. The van der Waals surface area contributed by atoms with E-state index in [2.05, 4.69) is 10.5 Å². The standard InChI is InChI=1S/C13H25ClN4O2/c1-4-18-12(13(14)10(2)17-18)9-11(16-15)5-6-20-8-7-19-3/h11,16H,4-9,15H2,1-3H3. The highest BCUT2D eigenvalue weighted by Gasteiger charge is 2.17. The maximum absolute atomic E-state index is 6.30. The molecule has 0 saturated carbocycles. The summed E-state index contributed by atoms with van der Waals surface area (Å²) in [4.78, 5) is 0. The largest absolute Gasteiger partial charge is 0.382 e. The van der Waals surface area contributed by atoms with Crippen LogP contribution in [0.2, 0.25) is 5.02 Å². The first-order valence-corrected chi connectivity index (χ1v) is 7.26. The van der Waals surface area contributed by atoms with Gasteiger partial charge in [0.2, 0.25) is 0 Å². The summed E-state index contributed by atoms with van der Waals surface area (Å²) in [6.45, 7) is 6.59. The zero-order valence-electron chi connectivity index (χ0n) is 12.5. The number of aryl methyl sites for hydroxylation is 2. The number of hydrazine groups is 1. The van der Waals surface area contributed by atoms with Crippen LogP contribution < -0.4 is 11.3 Å². The molecule has 0 bridgehead atoms. The van der Waals surface area contributed by atoms with Crippen LogP contribution in [-0.2, 0) is 22.4 Å². The molecule has 0 radical (unpaired) electrons. The zero-order valence-corrected chi connectivity index (χ0v) is 13.2. The SMILES string of the molecule is CCn1nc(C)c(Cl)c1CC(CCOCCOC)NN. The van der Waals surface area contributed by atoms with E-state index < -0.39 is 0 Å². The van der Waals surface area contributed by atoms with Crippen molar-refractivity contribution >= 4 is 11.6 Å². The van der Waals surface area contributed by atoms with Crippen molar-refractivity contribution < 1.29 is 9.47 Å². The third kappa shape index (κ3) is 5.03. The highest BCUT2D eigenvalue weighted by atomic mass is 35.5. The van der Waals surface area contributed by atoms with Gasteiger partial charge in [0.15, 0.2) is 0 Å². The van der Waals surface area contributed by atoms with Gasteiger partial charge in [-0.1, -0.05) is 11.6 Å². The van der Waals surface area contributed by atoms with Gasteiger partial charge in [-0.2, -0.15) is 5.10 Å². The summed E-state index contributed by atoms with van der Waals surface area (Å²) in [5, 5.41) is 5.13. The molecule has 1 unspecified atom stereocenters. The molecule has 0 aliphatic rings. The van der Waals surface area contributed by atoms with Crippen molar-refractivity contribution in [1.82, 2.24) is 15.2 Å². The average Bonchev–Trinajstić information content (AvgIpc) is 2.73. The second-order valence-electron chi connectivity index (χ2n) is 4.62. The number of nitrogens with two attached hydrogens (primary N) is 1. The Balaban J connectivity index is 2.51. The van der Waals surface area contributed by atoms with Gasteiger partial charge in [-0.3, -0.25) is 16.0 Å². The molecular formula is C13H25ClN4O2. The first-order chi connectivity index (χ1) is 9.63. The van der Waals surface area contributed by atoms with Crippen molar-refractivity contribution in [3.63, 3.8) is 0 Å². The van der Waals surface area contributed by atoms with Crippen LogP contribution in [0.15, 0.2) is 0 Å². The first-order valence-electron chi connectivity index (χ1n) is 6.88. The Morgan fingerprint density at radius 1 is 1.40 bits per heavy atom. The van der Waals surface area contributed by atoms with Gasteiger partial charge in [0, 0.05) is 32.7 Å². The molecule has 0 aliphatic carbocycles. The minimum absolute atomic E-state index is 0.108. The van der Waals surface area contributed by atoms with Gasteiger partial charge in [0.25, 0.3) is 0 Å². The van der Waals surface area contributed by atoms with Crippen molar-refractivity contribution in [3.05, 3.63) is 16.4 Å². The van der Waals surface area contributed by atoms with Crippen LogP contribution in [0.4, 0.5) is 0 Å². The first kappa shape index (κ1) is 17.4. The van der Waals surface area contributed by atoms with Crippen molar-refractivity contribution in [3.8, 4) is 0 Å². The number of nitrogens with one attached hydrogen (secondary N) is 1. The molecule has 1 rings (SSSR count). The van der Waals surface area contributed by atoms with Crippen LogP contribution in [0.3, 0.4) is 0 Å². The van der Waals surface area contributed by atoms with E-state index in [0.717, 1.165) is 35.8 Å². The van der Waals surface area contributed by atoms with Gasteiger partial charge >= 0.3 is 0 Å².